The first-order chi connectivity index (χ1) is 64.1. The standard InChI is InChI=1S/C17H30O.C16H26O.2C15H26O.C14H24O.C10H20O.C6H10ClN.C6H10FN.C6H11N.C6H14O.2C5H12O/c1-5-11(2)18-17(3,4)16-14-7-12-6-13(9-14)10-15(16)8-12;1-3-9(2)17-14-8-12-7-13(14)16-11-5-4-10(6-11)15(12)16;1-4-10(2)16-15(3)13-6-11-5-12(8-13)9-14(15)7-11;1-3-11(2)16-10-15-7-12-4-13(8-15)6-14(5-12)9-15;1-3-9(2)15-14-8-10-7-13(14)12-6-4-5-11(10)12;1-3-9(2)11-10-7-5-4-6-8-10;2*1-3-6(2,4-7)5-8;1-4-6(2,3)5-7;1-4-6(3)7-5-2;2*1-4-5(2)6-3/h11-16H,5-10H2,1-4H3;9-16H,3-8H2,1-2H3;10-14H,4-9H2,1-3H3;11-14H,3-10H2,1-2H3;9-14H,3-8H2,1-2H3;9-10H,3-8H2,1-2H3;2*3-4H2,1-2H3;4H2,1-3H3;6H,4-5H2,1-3H3;2*5H,4H2,1-3H3. The molecule has 788 valence electrons. The highest BCUT2D eigenvalue weighted by Gasteiger charge is 2.64. The first-order valence-electron chi connectivity index (χ1n) is 58.1. The van der Waals surface area contributed by atoms with Crippen LogP contribution in [0.5, 0.6) is 0 Å². The van der Waals surface area contributed by atoms with Crippen LogP contribution in [0.2, 0.25) is 0 Å². The number of nitriles is 3. The lowest BCUT2D eigenvalue weighted by atomic mass is 9.49. The number of methoxy groups -OCH3 is 2. The van der Waals surface area contributed by atoms with Crippen LogP contribution in [0, 0.1) is 186 Å². The van der Waals surface area contributed by atoms with Crippen molar-refractivity contribution in [1.82, 2.24) is 0 Å². The molecule has 23 atom stereocenters. The van der Waals surface area contributed by atoms with E-state index in [0.29, 0.717) is 91.0 Å². The van der Waals surface area contributed by atoms with Gasteiger partial charge >= 0.3 is 0 Å². The lowest BCUT2D eigenvalue weighted by Crippen LogP contribution is -2.58. The van der Waals surface area contributed by atoms with Gasteiger partial charge in [0.15, 0.2) is 0 Å². The third-order valence-corrected chi connectivity index (χ3v) is 39.3. The van der Waals surface area contributed by atoms with Crippen LogP contribution in [0.1, 0.15) is 477 Å². The number of hydrogen-bond donors (Lipinski definition) is 0. The minimum atomic E-state index is -0.736. The highest BCUT2D eigenvalue weighted by Crippen LogP contribution is 2.69. The van der Waals surface area contributed by atoms with Crippen LogP contribution in [-0.4, -0.2) is 124 Å². The molecule has 0 aliphatic heterocycles. The average Bonchev–Trinajstić information content (AvgIpc) is 1.62. The van der Waals surface area contributed by atoms with Crippen LogP contribution < -0.4 is 0 Å². The molecule has 23 unspecified atom stereocenters. The highest BCUT2D eigenvalue weighted by molar-refractivity contribution is 6.18. The van der Waals surface area contributed by atoms with Gasteiger partial charge in [-0.2, -0.15) is 15.8 Å². The lowest BCUT2D eigenvalue weighted by molar-refractivity contribution is -0.213. The molecule has 20 rings (SSSR count). The van der Waals surface area contributed by atoms with Gasteiger partial charge in [0.2, 0.25) is 0 Å². The highest BCUT2D eigenvalue weighted by atomic mass is 35.5. The van der Waals surface area contributed by atoms with E-state index < -0.39 is 12.1 Å². The van der Waals surface area contributed by atoms with E-state index in [2.05, 4.69) is 158 Å². The zero-order valence-corrected chi connectivity index (χ0v) is 94.9. The summed E-state index contributed by atoms with van der Waals surface area (Å²) < 4.78 is 64.1. The summed E-state index contributed by atoms with van der Waals surface area (Å²) in [6.45, 7) is 63.0. The molecule has 0 saturated heterocycles. The van der Waals surface area contributed by atoms with Crippen LogP contribution in [0.3, 0.4) is 0 Å². The van der Waals surface area contributed by atoms with Crippen LogP contribution in [0.4, 0.5) is 4.39 Å². The fraction of sp³-hybridized carbons (Fsp3) is 0.975. The maximum absolute atomic E-state index is 11.8. The Kier molecular flexibility index (Phi) is 54.1. The number of nitrogens with zero attached hydrogens (tertiary/aromatic N) is 3. The molecule has 0 aromatic rings. The van der Waals surface area contributed by atoms with Gasteiger partial charge in [0.25, 0.3) is 0 Å². The summed E-state index contributed by atoms with van der Waals surface area (Å²) in [5, 5.41) is 25.1. The van der Waals surface area contributed by atoms with E-state index in [1.165, 1.54) is 167 Å². The van der Waals surface area contributed by atoms with Gasteiger partial charge in [-0.25, -0.2) is 4.39 Å². The zero-order chi connectivity index (χ0) is 100. The van der Waals surface area contributed by atoms with E-state index in [0.717, 1.165) is 201 Å². The number of ether oxygens (including phenoxy) is 9. The van der Waals surface area contributed by atoms with Gasteiger partial charge < -0.3 is 42.6 Å². The van der Waals surface area contributed by atoms with E-state index in [4.69, 9.17) is 70.0 Å². The molecule has 20 fully saturated rings. The van der Waals surface area contributed by atoms with Crippen molar-refractivity contribution in [3.05, 3.63) is 0 Å². The summed E-state index contributed by atoms with van der Waals surface area (Å²) in [5.41, 5.74) is -0.222. The van der Waals surface area contributed by atoms with E-state index in [1.54, 1.807) is 66.1 Å². The molecule has 12 nitrogen and oxygen atoms in total. The van der Waals surface area contributed by atoms with Gasteiger partial charge in [0, 0.05) is 26.7 Å². The van der Waals surface area contributed by atoms with Gasteiger partial charge in [-0.1, -0.05) is 109 Å². The van der Waals surface area contributed by atoms with Crippen LogP contribution in [0.15, 0.2) is 0 Å². The Morgan fingerprint density at radius 3 is 1.16 bits per heavy atom. The molecule has 14 heteroatoms. The van der Waals surface area contributed by atoms with E-state index in [1.807, 2.05) is 54.5 Å². The summed E-state index contributed by atoms with van der Waals surface area (Å²) in [4.78, 5) is 0. The van der Waals surface area contributed by atoms with Crippen LogP contribution in [0.25, 0.3) is 0 Å². The molecule has 0 aromatic heterocycles. The van der Waals surface area contributed by atoms with Crippen LogP contribution in [-0.2, 0) is 42.6 Å². The number of rotatable bonds is 32. The predicted octanol–water partition coefficient (Wildman–Crippen LogP) is 34.0. The topological polar surface area (TPSA) is 154 Å². The monoisotopic (exact) mass is 1910 g/mol. The van der Waals surface area contributed by atoms with Gasteiger partial charge in [-0.3, -0.25) is 0 Å². The third kappa shape index (κ3) is 36.7. The van der Waals surface area contributed by atoms with Crippen LogP contribution >= 0.6 is 11.6 Å². The Labute approximate surface area is 840 Å². The molecule has 20 saturated carbocycles. The SMILES string of the molecule is CCC(C)(C#N)CCl.CCC(C)(C#N)CF.CCC(C)(C)C#N.CCC(C)OC.CCC(C)OC.CCC(C)OC(C)(C)C1C2CC3CC(C2)CC1C3.CCC(C)OC1(C)C2CC3CC(C2)CC1C3.CCC(C)OC1CC2CC1C1C3CCC(C3)C21.CCC(C)OC1CC2CC1C1CCCC21.CCC(C)OC1CCCCC1.CCC(C)OCC12CC3CC(CC(C3)C1)C2.CCOC(C)CC. The molecule has 135 heavy (non-hydrogen) atoms. The fourth-order valence-corrected chi connectivity index (χ4v) is 29.2. The second-order valence-electron chi connectivity index (χ2n) is 49.9. The molecule has 18 bridgehead atoms. The van der Waals surface area contributed by atoms with Gasteiger partial charge in [0.1, 0.15) is 6.67 Å². The molecule has 0 aromatic carbocycles. The zero-order valence-electron chi connectivity index (χ0n) is 94.1. The summed E-state index contributed by atoms with van der Waals surface area (Å²) in [6, 6.07) is 6.24. The molecular formula is C121H221ClFN3O9. The minimum absolute atomic E-state index is 0.0953. The number of fused-ring (bicyclic) bond motifs is 14. The fourth-order valence-electron chi connectivity index (χ4n) is 28.9. The Bertz CT molecular complexity index is 3160. The first-order valence-corrected chi connectivity index (χ1v) is 58.6. The summed E-state index contributed by atoms with van der Waals surface area (Å²) in [7, 11) is 3.46. The molecule has 20 aliphatic carbocycles. The van der Waals surface area contributed by atoms with Crippen molar-refractivity contribution in [3.63, 3.8) is 0 Å². The van der Waals surface area contributed by atoms with Crippen molar-refractivity contribution in [2.24, 2.45) is 152 Å². The molecule has 0 spiro atoms. The lowest BCUT2D eigenvalue weighted by Gasteiger charge is -2.60. The van der Waals surface area contributed by atoms with Crippen molar-refractivity contribution < 1.29 is 47.0 Å². The number of alkyl halides is 2. The van der Waals surface area contributed by atoms with Gasteiger partial charge in [-0.05, 0) is 504 Å². The van der Waals surface area contributed by atoms with Crippen molar-refractivity contribution in [2.75, 3.05) is 40.0 Å². The number of hydrogen-bond acceptors (Lipinski definition) is 12. The van der Waals surface area contributed by atoms with E-state index in [-0.39, 0.29) is 22.0 Å². The Morgan fingerprint density at radius 2 is 0.785 bits per heavy atom. The Morgan fingerprint density at radius 1 is 0.370 bits per heavy atom. The third-order valence-electron chi connectivity index (χ3n) is 38.7. The van der Waals surface area contributed by atoms with Gasteiger partial charge in [0.05, 0.1) is 126 Å². The van der Waals surface area contributed by atoms with E-state index in [9.17, 15) is 4.39 Å². The van der Waals surface area contributed by atoms with Crippen molar-refractivity contribution in [2.45, 2.75) is 561 Å². The molecular weight excluding hydrogens is 1690 g/mol. The second kappa shape index (κ2) is 59.8. The van der Waals surface area contributed by atoms with Gasteiger partial charge in [-0.15, -0.1) is 11.6 Å². The molecule has 0 N–H and O–H groups in total. The molecule has 0 heterocycles. The first kappa shape index (κ1) is 122. The Hall–Kier alpha value is -1.67. The maximum Gasteiger partial charge on any atom is 0.108 e. The predicted molar refractivity (Wildman–Crippen MR) is 565 cm³/mol. The second-order valence-corrected chi connectivity index (χ2v) is 50.1. The summed E-state index contributed by atoms with van der Waals surface area (Å²) in [5.74, 6) is 23.0. The quantitative estimate of drug-likeness (QED) is 0.0465. The van der Waals surface area contributed by atoms with E-state index >= 15 is 0 Å². The van der Waals surface area contributed by atoms with Crippen molar-refractivity contribution >= 4 is 11.6 Å². The molecule has 0 amide bonds. The number of halogens is 2. The average molecular weight is 1920 g/mol. The summed E-state index contributed by atoms with van der Waals surface area (Å²) >= 11 is 5.49. The maximum atomic E-state index is 11.8. The van der Waals surface area contributed by atoms with Crippen molar-refractivity contribution in [3.8, 4) is 18.2 Å². The smallest absolute Gasteiger partial charge is 0.108 e. The minimum Gasteiger partial charge on any atom is -0.382 e. The van der Waals surface area contributed by atoms with Crippen molar-refractivity contribution in [1.29, 1.82) is 15.8 Å². The molecule has 0 radical (unpaired) electrons. The Balaban J connectivity index is 0.000000231. The molecule has 20 aliphatic rings. The largest absolute Gasteiger partial charge is 0.382 e. The normalized spacial score (nSPS) is 36.8. The summed E-state index contributed by atoms with van der Waals surface area (Å²) in [6.07, 6.45) is 64.3.